The molecule has 0 amide bonds. The lowest BCUT2D eigenvalue weighted by Gasteiger charge is -2.29. The second-order valence-electron chi connectivity index (χ2n) is 8.87. The zero-order valence-electron chi connectivity index (χ0n) is 20.2. The summed E-state index contributed by atoms with van der Waals surface area (Å²) in [7, 11) is 5.44. The first kappa shape index (κ1) is 23.4. The van der Waals surface area contributed by atoms with Crippen molar-refractivity contribution in [1.82, 2.24) is 4.90 Å². The number of thiophene rings is 1. The maximum atomic E-state index is 13.8. The normalized spacial score (nSPS) is 14.7. The van der Waals surface area contributed by atoms with Gasteiger partial charge in [0.15, 0.2) is 5.78 Å². The van der Waals surface area contributed by atoms with Crippen LogP contribution in [0.2, 0.25) is 0 Å². The summed E-state index contributed by atoms with van der Waals surface area (Å²) in [5.41, 5.74) is 2.34. The quantitative estimate of drug-likeness (QED) is 0.287. The molecule has 0 radical (unpaired) electrons. The van der Waals surface area contributed by atoms with Gasteiger partial charge in [0.1, 0.15) is 23.4 Å². The van der Waals surface area contributed by atoms with Crippen molar-refractivity contribution in [2.45, 2.75) is 18.9 Å². The van der Waals surface area contributed by atoms with E-state index in [0.717, 1.165) is 63.7 Å². The molecule has 0 atom stereocenters. The van der Waals surface area contributed by atoms with Gasteiger partial charge in [0.05, 0.1) is 14.2 Å². The number of piperidine rings is 1. The summed E-state index contributed by atoms with van der Waals surface area (Å²) in [5, 5.41) is 0.929. The SMILES string of the molecule is COc1ccc(-c2sc3cc(OC)ccc3c2C(=O)c2ccc(OC3CCN(C)CC3)cc2)cc1. The first-order valence-corrected chi connectivity index (χ1v) is 12.6. The molecule has 2 heterocycles. The van der Waals surface area contributed by atoms with Crippen LogP contribution >= 0.6 is 11.3 Å². The molecule has 4 aromatic rings. The van der Waals surface area contributed by atoms with Crippen molar-refractivity contribution in [2.24, 2.45) is 0 Å². The molecule has 3 aromatic carbocycles. The Kier molecular flexibility index (Phi) is 6.75. The van der Waals surface area contributed by atoms with Gasteiger partial charge in [-0.25, -0.2) is 0 Å². The molecule has 5 nitrogen and oxygen atoms in total. The van der Waals surface area contributed by atoms with Gasteiger partial charge in [-0.1, -0.05) is 0 Å². The molecular weight excluding hydrogens is 458 g/mol. The molecule has 1 fully saturated rings. The lowest BCUT2D eigenvalue weighted by atomic mass is 9.97. The summed E-state index contributed by atoms with van der Waals surface area (Å²) in [6.45, 7) is 2.09. The van der Waals surface area contributed by atoms with E-state index < -0.39 is 0 Å². The van der Waals surface area contributed by atoms with E-state index in [1.54, 1.807) is 25.6 Å². The lowest BCUT2D eigenvalue weighted by Crippen LogP contribution is -2.35. The van der Waals surface area contributed by atoms with Gasteiger partial charge >= 0.3 is 0 Å². The van der Waals surface area contributed by atoms with Crippen LogP contribution in [0.25, 0.3) is 20.5 Å². The molecule has 35 heavy (non-hydrogen) atoms. The van der Waals surface area contributed by atoms with E-state index in [0.29, 0.717) is 11.1 Å². The molecule has 0 bridgehead atoms. The molecule has 0 N–H and O–H groups in total. The average molecular weight is 488 g/mol. The van der Waals surface area contributed by atoms with Crippen molar-refractivity contribution in [3.63, 3.8) is 0 Å². The Bertz CT molecular complexity index is 1320. The average Bonchev–Trinajstić information content (AvgIpc) is 3.28. The second-order valence-corrected chi connectivity index (χ2v) is 9.92. The molecule has 0 aliphatic carbocycles. The van der Waals surface area contributed by atoms with E-state index in [-0.39, 0.29) is 11.9 Å². The largest absolute Gasteiger partial charge is 0.497 e. The lowest BCUT2D eigenvalue weighted by molar-refractivity contribution is 0.104. The number of benzene rings is 3. The van der Waals surface area contributed by atoms with Crippen molar-refractivity contribution < 1.29 is 19.0 Å². The van der Waals surface area contributed by atoms with Gasteiger partial charge in [-0.2, -0.15) is 0 Å². The number of carbonyl (C=O) groups is 1. The maximum absolute atomic E-state index is 13.8. The Morgan fingerprint density at radius 1 is 0.857 bits per heavy atom. The molecule has 0 unspecified atom stereocenters. The Balaban J connectivity index is 1.48. The summed E-state index contributed by atoms with van der Waals surface area (Å²) in [6.07, 6.45) is 2.27. The second kappa shape index (κ2) is 10.1. The number of hydrogen-bond donors (Lipinski definition) is 0. The summed E-state index contributed by atoms with van der Waals surface area (Å²) in [6, 6.07) is 21.3. The minimum absolute atomic E-state index is 0.00178. The number of fused-ring (bicyclic) bond motifs is 1. The highest BCUT2D eigenvalue weighted by Crippen LogP contribution is 2.41. The van der Waals surface area contributed by atoms with Gasteiger partial charge in [0, 0.05) is 39.2 Å². The molecule has 5 rings (SSSR count). The zero-order valence-corrected chi connectivity index (χ0v) is 21.1. The van der Waals surface area contributed by atoms with E-state index in [1.165, 1.54) is 0 Å². The van der Waals surface area contributed by atoms with Crippen LogP contribution in [-0.2, 0) is 0 Å². The predicted octanol–water partition coefficient (Wildman–Crippen LogP) is 6.29. The highest BCUT2D eigenvalue weighted by molar-refractivity contribution is 7.22. The van der Waals surface area contributed by atoms with Crippen molar-refractivity contribution in [3.8, 4) is 27.7 Å². The monoisotopic (exact) mass is 487 g/mol. The number of carbonyl (C=O) groups excluding carboxylic acids is 1. The third kappa shape index (κ3) is 4.90. The summed E-state index contributed by atoms with van der Waals surface area (Å²) in [5.74, 6) is 2.36. The van der Waals surface area contributed by atoms with Crippen LogP contribution in [-0.4, -0.2) is 51.1 Å². The van der Waals surface area contributed by atoms with Crippen LogP contribution in [0.3, 0.4) is 0 Å². The van der Waals surface area contributed by atoms with Gasteiger partial charge in [-0.3, -0.25) is 4.79 Å². The standard InChI is InChI=1S/C29H29NO4S/c1-30-16-14-23(15-17-30)34-22-10-4-19(5-11-22)28(31)27-25-13-12-24(33-3)18-26(25)35-29(27)20-6-8-21(32-2)9-7-20/h4-13,18,23H,14-17H2,1-3H3. The van der Waals surface area contributed by atoms with E-state index in [1.807, 2.05) is 66.7 Å². The summed E-state index contributed by atoms with van der Waals surface area (Å²) < 4.78 is 17.9. The molecule has 6 heteroatoms. The molecule has 0 saturated carbocycles. The van der Waals surface area contributed by atoms with Gasteiger partial charge in [0.2, 0.25) is 0 Å². The van der Waals surface area contributed by atoms with Gasteiger partial charge in [0.25, 0.3) is 0 Å². The molecule has 1 aliphatic heterocycles. The fourth-order valence-corrected chi connectivity index (χ4v) is 5.73. The fourth-order valence-electron chi connectivity index (χ4n) is 4.50. The molecular formula is C29H29NO4S. The molecule has 1 saturated heterocycles. The molecule has 0 spiro atoms. The van der Waals surface area contributed by atoms with Gasteiger partial charge in [-0.05, 0) is 92.2 Å². The van der Waals surface area contributed by atoms with Crippen molar-refractivity contribution >= 4 is 27.2 Å². The summed E-state index contributed by atoms with van der Waals surface area (Å²) in [4.78, 5) is 17.1. The number of rotatable bonds is 7. The van der Waals surface area contributed by atoms with Crippen molar-refractivity contribution in [3.05, 3.63) is 77.9 Å². The van der Waals surface area contributed by atoms with Crippen LogP contribution in [0.15, 0.2) is 66.7 Å². The Morgan fingerprint density at radius 2 is 1.49 bits per heavy atom. The third-order valence-electron chi connectivity index (χ3n) is 6.56. The summed E-state index contributed by atoms with van der Waals surface area (Å²) >= 11 is 1.60. The van der Waals surface area contributed by atoms with Crippen LogP contribution in [0.5, 0.6) is 17.2 Å². The number of ether oxygens (including phenoxy) is 3. The number of nitrogens with zero attached hydrogens (tertiary/aromatic N) is 1. The number of methoxy groups -OCH3 is 2. The number of likely N-dealkylation sites (tertiary alicyclic amines) is 1. The highest BCUT2D eigenvalue weighted by Gasteiger charge is 2.23. The highest BCUT2D eigenvalue weighted by atomic mass is 32.1. The van der Waals surface area contributed by atoms with Gasteiger partial charge < -0.3 is 19.1 Å². The first-order valence-electron chi connectivity index (χ1n) is 11.8. The van der Waals surface area contributed by atoms with Crippen LogP contribution in [0.4, 0.5) is 0 Å². The minimum atomic E-state index is -0.00178. The van der Waals surface area contributed by atoms with Crippen LogP contribution in [0, 0.1) is 0 Å². The van der Waals surface area contributed by atoms with Crippen LogP contribution < -0.4 is 14.2 Å². The van der Waals surface area contributed by atoms with Crippen molar-refractivity contribution in [1.29, 1.82) is 0 Å². The predicted molar refractivity (Wildman–Crippen MR) is 141 cm³/mol. The Morgan fingerprint density at radius 3 is 2.14 bits per heavy atom. The Labute approximate surface area is 209 Å². The number of hydrogen-bond acceptors (Lipinski definition) is 6. The molecule has 180 valence electrons. The van der Waals surface area contributed by atoms with Crippen LogP contribution in [0.1, 0.15) is 28.8 Å². The van der Waals surface area contributed by atoms with E-state index >= 15 is 0 Å². The molecule has 1 aromatic heterocycles. The smallest absolute Gasteiger partial charge is 0.195 e. The van der Waals surface area contributed by atoms with E-state index in [9.17, 15) is 4.79 Å². The minimum Gasteiger partial charge on any atom is -0.497 e. The zero-order chi connectivity index (χ0) is 24.4. The van der Waals surface area contributed by atoms with Crippen molar-refractivity contribution in [2.75, 3.05) is 34.4 Å². The fraction of sp³-hybridized carbons (Fsp3) is 0.276. The molecule has 1 aliphatic rings. The van der Waals surface area contributed by atoms with E-state index in [2.05, 4.69) is 11.9 Å². The van der Waals surface area contributed by atoms with Gasteiger partial charge in [-0.15, -0.1) is 11.3 Å². The Hall–Kier alpha value is -3.35. The first-order chi connectivity index (χ1) is 17.1. The maximum Gasteiger partial charge on any atom is 0.195 e. The number of ketones is 1. The topological polar surface area (TPSA) is 48.0 Å². The third-order valence-corrected chi connectivity index (χ3v) is 7.76. The van der Waals surface area contributed by atoms with E-state index in [4.69, 9.17) is 14.2 Å².